The highest BCUT2D eigenvalue weighted by Crippen LogP contribution is 2.68. The van der Waals surface area contributed by atoms with E-state index < -0.39 is 15.6 Å². The molecule has 0 aliphatic heterocycles. The number of allylic oxidation sites excluding steroid dienone is 3. The minimum Gasteiger partial charge on any atom is -0.390 e. The van der Waals surface area contributed by atoms with Crippen LogP contribution in [0.5, 0.6) is 0 Å². The highest BCUT2D eigenvalue weighted by molar-refractivity contribution is 7.88. The van der Waals surface area contributed by atoms with Gasteiger partial charge in [-0.25, -0.2) is 13.2 Å². The maximum atomic E-state index is 11.4. The molecule has 0 saturated heterocycles. The molecular formula is C22H34N2O3S. The van der Waals surface area contributed by atoms with E-state index in [1.807, 2.05) is 6.92 Å². The minimum absolute atomic E-state index is 0.0660. The van der Waals surface area contributed by atoms with Crippen molar-refractivity contribution in [2.75, 3.05) is 6.26 Å². The normalized spacial score (nSPS) is 47.2. The van der Waals surface area contributed by atoms with E-state index in [0.29, 0.717) is 17.8 Å². The molecule has 5 nitrogen and oxygen atoms in total. The van der Waals surface area contributed by atoms with Gasteiger partial charge in [-0.1, -0.05) is 31.6 Å². The monoisotopic (exact) mass is 406 g/mol. The first-order chi connectivity index (χ1) is 12.9. The zero-order valence-corrected chi connectivity index (χ0v) is 18.4. The summed E-state index contributed by atoms with van der Waals surface area (Å²) in [5, 5.41) is 15.2. The van der Waals surface area contributed by atoms with Crippen LogP contribution in [0.4, 0.5) is 0 Å². The molecule has 4 aliphatic rings. The van der Waals surface area contributed by atoms with E-state index in [0.717, 1.165) is 56.9 Å². The molecule has 0 heterocycles. The van der Waals surface area contributed by atoms with E-state index in [4.69, 9.17) is 0 Å². The first-order valence-electron chi connectivity index (χ1n) is 10.5. The van der Waals surface area contributed by atoms with E-state index in [2.05, 4.69) is 36.4 Å². The van der Waals surface area contributed by atoms with Gasteiger partial charge in [-0.2, -0.15) is 5.10 Å². The quantitative estimate of drug-likeness (QED) is 0.541. The molecule has 156 valence electrons. The van der Waals surface area contributed by atoms with E-state index >= 15 is 0 Å². The van der Waals surface area contributed by atoms with Gasteiger partial charge in [-0.05, 0) is 81.1 Å². The molecule has 0 unspecified atom stereocenters. The van der Waals surface area contributed by atoms with Crippen molar-refractivity contribution < 1.29 is 13.5 Å². The lowest BCUT2D eigenvalue weighted by Gasteiger charge is -2.59. The number of aliphatic hydroxyl groups is 1. The van der Waals surface area contributed by atoms with Crippen molar-refractivity contribution in [3.8, 4) is 0 Å². The predicted octanol–water partition coefficient (Wildman–Crippen LogP) is 3.77. The SMILES string of the molecule is C=C1C[C@@]2(C)[C@@H](CC[C@]2(C)O)[C@@H]2CCC3=C/C(=N/NS(C)(=O)=O)CC[C@]3(C)[C@@H]12. The third-order valence-electron chi connectivity index (χ3n) is 8.73. The van der Waals surface area contributed by atoms with Crippen LogP contribution in [0, 0.1) is 28.6 Å². The van der Waals surface area contributed by atoms with Crippen molar-refractivity contribution in [1.82, 2.24) is 4.83 Å². The second-order valence-corrected chi connectivity index (χ2v) is 12.1. The zero-order chi connectivity index (χ0) is 20.5. The van der Waals surface area contributed by atoms with E-state index in [1.54, 1.807) is 0 Å². The number of hydrogen-bond acceptors (Lipinski definition) is 4. The molecule has 6 atom stereocenters. The number of hydrazone groups is 1. The minimum atomic E-state index is -3.33. The Morgan fingerprint density at radius 1 is 1.21 bits per heavy atom. The van der Waals surface area contributed by atoms with Crippen LogP contribution in [0.15, 0.2) is 28.9 Å². The fourth-order valence-corrected chi connectivity index (χ4v) is 7.39. The maximum absolute atomic E-state index is 11.4. The van der Waals surface area contributed by atoms with Crippen molar-refractivity contribution in [2.24, 2.45) is 33.7 Å². The fourth-order valence-electron chi connectivity index (χ4n) is 7.11. The summed E-state index contributed by atoms with van der Waals surface area (Å²) in [5.41, 5.74) is 2.92. The number of nitrogens with zero attached hydrogens (tertiary/aromatic N) is 1. The Morgan fingerprint density at radius 2 is 1.93 bits per heavy atom. The lowest BCUT2D eigenvalue weighted by Crippen LogP contribution is -2.54. The van der Waals surface area contributed by atoms with Gasteiger partial charge >= 0.3 is 0 Å². The topological polar surface area (TPSA) is 78.8 Å². The van der Waals surface area contributed by atoms with E-state index in [-0.39, 0.29) is 10.8 Å². The molecule has 28 heavy (non-hydrogen) atoms. The average Bonchev–Trinajstić information content (AvgIpc) is 2.81. The highest BCUT2D eigenvalue weighted by atomic mass is 32.2. The molecule has 3 fully saturated rings. The number of fused-ring (bicyclic) bond motifs is 5. The van der Waals surface area contributed by atoms with Gasteiger partial charge in [0, 0.05) is 5.41 Å². The molecule has 0 spiro atoms. The van der Waals surface area contributed by atoms with Gasteiger partial charge in [0.25, 0.3) is 0 Å². The molecule has 0 amide bonds. The smallest absolute Gasteiger partial charge is 0.244 e. The summed E-state index contributed by atoms with van der Waals surface area (Å²) in [6, 6.07) is 0. The first-order valence-corrected chi connectivity index (χ1v) is 12.4. The predicted molar refractivity (Wildman–Crippen MR) is 112 cm³/mol. The Labute approximate surface area is 169 Å². The molecule has 0 aromatic heterocycles. The van der Waals surface area contributed by atoms with Gasteiger partial charge < -0.3 is 5.11 Å². The molecule has 3 saturated carbocycles. The Kier molecular flexibility index (Phi) is 4.45. The lowest BCUT2D eigenvalue weighted by molar-refractivity contribution is -0.0960. The summed E-state index contributed by atoms with van der Waals surface area (Å²) in [5.74, 6) is 1.58. The highest BCUT2D eigenvalue weighted by Gasteiger charge is 2.63. The average molecular weight is 407 g/mol. The molecule has 0 bridgehead atoms. The first kappa shape index (κ1) is 20.1. The fraction of sp³-hybridized carbons (Fsp3) is 0.773. The molecule has 2 N–H and O–H groups in total. The van der Waals surface area contributed by atoms with Crippen LogP contribution in [0.2, 0.25) is 0 Å². The van der Waals surface area contributed by atoms with Crippen molar-refractivity contribution in [1.29, 1.82) is 0 Å². The van der Waals surface area contributed by atoms with Crippen LogP contribution < -0.4 is 4.83 Å². The Balaban J connectivity index is 1.66. The summed E-state index contributed by atoms with van der Waals surface area (Å²) in [6.07, 6.45) is 10.1. The number of sulfonamides is 1. The Bertz CT molecular complexity index is 872. The molecule has 0 aromatic carbocycles. The summed E-state index contributed by atoms with van der Waals surface area (Å²) in [4.78, 5) is 2.28. The maximum Gasteiger partial charge on any atom is 0.244 e. The van der Waals surface area contributed by atoms with Crippen LogP contribution in [0.25, 0.3) is 0 Å². The molecule has 4 aliphatic carbocycles. The van der Waals surface area contributed by atoms with Crippen molar-refractivity contribution >= 4 is 15.7 Å². The van der Waals surface area contributed by atoms with E-state index in [9.17, 15) is 13.5 Å². The summed E-state index contributed by atoms with van der Waals surface area (Å²) < 4.78 is 22.7. The molecule has 0 aromatic rings. The summed E-state index contributed by atoms with van der Waals surface area (Å²) >= 11 is 0. The molecule has 4 rings (SSSR count). The van der Waals surface area contributed by atoms with Crippen LogP contribution in [-0.2, 0) is 10.0 Å². The second-order valence-electron chi connectivity index (χ2n) is 10.4. The third-order valence-corrected chi connectivity index (χ3v) is 9.16. The molecule has 0 radical (unpaired) electrons. The van der Waals surface area contributed by atoms with Crippen LogP contribution >= 0.6 is 0 Å². The van der Waals surface area contributed by atoms with Gasteiger partial charge in [0.1, 0.15) is 0 Å². The Morgan fingerprint density at radius 3 is 2.61 bits per heavy atom. The van der Waals surface area contributed by atoms with Gasteiger partial charge in [0.2, 0.25) is 10.0 Å². The number of nitrogens with one attached hydrogen (secondary N) is 1. The van der Waals surface area contributed by atoms with Crippen LogP contribution in [0.1, 0.15) is 65.7 Å². The van der Waals surface area contributed by atoms with Crippen LogP contribution in [-0.4, -0.2) is 31.1 Å². The van der Waals surface area contributed by atoms with Gasteiger partial charge in [-0.3, -0.25) is 0 Å². The number of hydrogen-bond donors (Lipinski definition) is 2. The summed E-state index contributed by atoms with van der Waals surface area (Å²) in [6.45, 7) is 11.2. The van der Waals surface area contributed by atoms with Gasteiger partial charge in [0.05, 0.1) is 17.6 Å². The van der Waals surface area contributed by atoms with Crippen molar-refractivity contribution in [2.45, 2.75) is 71.3 Å². The largest absolute Gasteiger partial charge is 0.390 e. The second kappa shape index (κ2) is 6.18. The van der Waals surface area contributed by atoms with Crippen molar-refractivity contribution in [3.05, 3.63) is 23.8 Å². The Hall–Kier alpha value is -1.14. The molecule has 6 heteroatoms. The third kappa shape index (κ3) is 2.90. The van der Waals surface area contributed by atoms with Gasteiger partial charge in [0.15, 0.2) is 0 Å². The standard InChI is InChI=1S/C22H34N2O3S/c1-14-13-21(3)18(9-11-22(21,4)25)17-7-6-15-12-16(23-24-28(5,26)27)8-10-20(15,2)19(14)17/h12,17-19,24-25H,1,6-11,13H2,2-5H3/b23-16+/t17-,18-,19-,20-,21-,22-/m0/s1. The van der Waals surface area contributed by atoms with Crippen LogP contribution in [0.3, 0.4) is 0 Å². The zero-order valence-electron chi connectivity index (χ0n) is 17.6. The van der Waals surface area contributed by atoms with Gasteiger partial charge in [-0.15, -0.1) is 0 Å². The van der Waals surface area contributed by atoms with E-state index in [1.165, 1.54) is 11.1 Å². The molecular weight excluding hydrogens is 372 g/mol. The number of rotatable bonds is 2. The summed E-state index contributed by atoms with van der Waals surface area (Å²) in [7, 11) is -3.33. The van der Waals surface area contributed by atoms with Crippen molar-refractivity contribution in [3.63, 3.8) is 0 Å². The lowest BCUT2D eigenvalue weighted by atomic mass is 9.45.